The molecule has 0 unspecified atom stereocenters. The van der Waals surface area contributed by atoms with Crippen LogP contribution in [0.4, 0.5) is 5.13 Å². The Morgan fingerprint density at radius 2 is 1.82 bits per heavy atom. The molecule has 0 aliphatic carbocycles. The van der Waals surface area contributed by atoms with Gasteiger partial charge in [0.05, 0.1) is 20.4 Å². The van der Waals surface area contributed by atoms with Gasteiger partial charge in [0.15, 0.2) is 0 Å². The van der Waals surface area contributed by atoms with E-state index in [4.69, 9.17) is 0 Å². The summed E-state index contributed by atoms with van der Waals surface area (Å²) in [4.78, 5) is 5.51. The largest absolute Gasteiger partial charge is 0.315 e. The highest BCUT2D eigenvalue weighted by Crippen LogP contribution is 2.25. The Morgan fingerprint density at radius 3 is 2.64 bits per heavy atom. The fourth-order valence-corrected chi connectivity index (χ4v) is 4.29. The lowest BCUT2D eigenvalue weighted by Gasteiger charge is -1.99. The van der Waals surface area contributed by atoms with E-state index in [0.29, 0.717) is 0 Å². The minimum atomic E-state index is 0.821. The van der Waals surface area contributed by atoms with Gasteiger partial charge in [-0.3, -0.25) is 0 Å². The number of fused-ring (bicyclic) bond motifs is 2. The lowest BCUT2D eigenvalue weighted by atomic mass is 10.3. The third kappa shape index (κ3) is 2.30. The van der Waals surface area contributed by atoms with E-state index in [1.807, 2.05) is 18.2 Å². The molecule has 1 N–H and O–H groups in total. The standard InChI is InChI=1S/C16H14N4S2/c1-2-20-12-8-4-6-10-14(12)22-16(20)19-18-15-17-11-7-3-5-9-13(11)21-15/h3-10H,2H2,1H3,(H,17,18). The van der Waals surface area contributed by atoms with Crippen molar-refractivity contribution in [3.63, 3.8) is 0 Å². The number of rotatable bonds is 3. The summed E-state index contributed by atoms with van der Waals surface area (Å²) in [6.07, 6.45) is 0. The molecule has 2 aromatic carbocycles. The Hall–Kier alpha value is -2.18. The Morgan fingerprint density at radius 1 is 1.05 bits per heavy atom. The molecule has 0 aliphatic rings. The van der Waals surface area contributed by atoms with E-state index in [1.165, 1.54) is 14.9 Å². The van der Waals surface area contributed by atoms with Gasteiger partial charge in [0.25, 0.3) is 0 Å². The number of aromatic nitrogens is 2. The third-order valence-corrected chi connectivity index (χ3v) is 5.45. The highest BCUT2D eigenvalue weighted by atomic mass is 32.1. The van der Waals surface area contributed by atoms with Crippen molar-refractivity contribution in [2.75, 3.05) is 5.43 Å². The molecule has 4 rings (SSSR count). The maximum absolute atomic E-state index is 4.56. The van der Waals surface area contributed by atoms with Crippen LogP contribution in [0.5, 0.6) is 0 Å². The molecule has 6 heteroatoms. The van der Waals surface area contributed by atoms with Crippen LogP contribution in [0, 0.1) is 0 Å². The molecule has 0 fully saturated rings. The van der Waals surface area contributed by atoms with Gasteiger partial charge in [-0.2, -0.15) is 0 Å². The normalized spacial score (nSPS) is 12.3. The Labute approximate surface area is 135 Å². The zero-order valence-electron chi connectivity index (χ0n) is 12.0. The van der Waals surface area contributed by atoms with Crippen LogP contribution >= 0.6 is 22.7 Å². The van der Waals surface area contributed by atoms with Crippen molar-refractivity contribution in [2.24, 2.45) is 5.10 Å². The molecule has 0 bridgehead atoms. The molecule has 0 saturated heterocycles. The lowest BCUT2D eigenvalue weighted by Crippen LogP contribution is -2.15. The van der Waals surface area contributed by atoms with Crippen molar-refractivity contribution in [3.05, 3.63) is 53.3 Å². The Balaban J connectivity index is 1.76. The van der Waals surface area contributed by atoms with Crippen LogP contribution in [-0.4, -0.2) is 9.55 Å². The van der Waals surface area contributed by atoms with E-state index in [1.54, 1.807) is 22.7 Å². The second kappa shape index (κ2) is 5.55. The van der Waals surface area contributed by atoms with Gasteiger partial charge in [0, 0.05) is 6.54 Å². The number of aryl methyl sites for hydroxylation is 1. The molecule has 0 saturated carbocycles. The van der Waals surface area contributed by atoms with Crippen molar-refractivity contribution in [1.82, 2.24) is 9.55 Å². The molecule has 110 valence electrons. The van der Waals surface area contributed by atoms with E-state index in [0.717, 1.165) is 22.0 Å². The van der Waals surface area contributed by atoms with Crippen molar-refractivity contribution in [2.45, 2.75) is 13.5 Å². The number of benzene rings is 2. The summed E-state index contributed by atoms with van der Waals surface area (Å²) < 4.78 is 4.62. The quantitative estimate of drug-likeness (QED) is 0.572. The molecule has 0 amide bonds. The Kier molecular flexibility index (Phi) is 3.40. The first-order valence-electron chi connectivity index (χ1n) is 7.09. The number of nitrogens with zero attached hydrogens (tertiary/aromatic N) is 3. The smallest absolute Gasteiger partial charge is 0.209 e. The highest BCUT2D eigenvalue weighted by Gasteiger charge is 2.05. The van der Waals surface area contributed by atoms with Gasteiger partial charge in [0.2, 0.25) is 9.93 Å². The second-order valence-corrected chi connectivity index (χ2v) is 6.85. The van der Waals surface area contributed by atoms with Crippen LogP contribution in [0.25, 0.3) is 20.4 Å². The van der Waals surface area contributed by atoms with Gasteiger partial charge >= 0.3 is 0 Å². The molecule has 4 aromatic rings. The van der Waals surface area contributed by atoms with Gasteiger partial charge in [0.1, 0.15) is 0 Å². The van der Waals surface area contributed by atoms with Crippen molar-refractivity contribution in [3.8, 4) is 0 Å². The predicted molar refractivity (Wildman–Crippen MR) is 94.3 cm³/mol. The Bertz CT molecular complexity index is 977. The van der Waals surface area contributed by atoms with E-state index >= 15 is 0 Å². The molecule has 0 aliphatic heterocycles. The summed E-state index contributed by atoms with van der Waals surface area (Å²) in [5, 5.41) is 5.38. The maximum atomic E-state index is 4.56. The number of hydrogen-bond acceptors (Lipinski definition) is 5. The number of para-hydroxylation sites is 2. The lowest BCUT2D eigenvalue weighted by molar-refractivity contribution is 0.761. The van der Waals surface area contributed by atoms with E-state index in [-0.39, 0.29) is 0 Å². The van der Waals surface area contributed by atoms with Crippen LogP contribution in [0.15, 0.2) is 53.6 Å². The first kappa shape index (κ1) is 13.5. The molecule has 4 nitrogen and oxygen atoms in total. The minimum Gasteiger partial charge on any atom is -0.315 e. The SMILES string of the molecule is CCn1c(=NNc2nc3ccccc3s2)sc2ccccc21. The summed E-state index contributed by atoms with van der Waals surface area (Å²) in [5.41, 5.74) is 5.33. The van der Waals surface area contributed by atoms with Crippen molar-refractivity contribution in [1.29, 1.82) is 0 Å². The van der Waals surface area contributed by atoms with Crippen LogP contribution < -0.4 is 10.2 Å². The molecule has 2 aromatic heterocycles. The van der Waals surface area contributed by atoms with Crippen LogP contribution in [-0.2, 0) is 6.54 Å². The van der Waals surface area contributed by atoms with Gasteiger partial charge in [-0.1, -0.05) is 46.9 Å². The molecular weight excluding hydrogens is 312 g/mol. The summed E-state index contributed by atoms with van der Waals surface area (Å²) in [6, 6.07) is 16.5. The second-order valence-electron chi connectivity index (χ2n) is 4.81. The summed E-state index contributed by atoms with van der Waals surface area (Å²) in [7, 11) is 0. The number of nitrogens with one attached hydrogen (secondary N) is 1. The van der Waals surface area contributed by atoms with Crippen molar-refractivity contribution < 1.29 is 0 Å². The number of thiazole rings is 2. The first-order valence-corrected chi connectivity index (χ1v) is 8.72. The van der Waals surface area contributed by atoms with Gasteiger partial charge in [-0.25, -0.2) is 10.4 Å². The zero-order valence-corrected chi connectivity index (χ0v) is 13.6. The highest BCUT2D eigenvalue weighted by molar-refractivity contribution is 7.22. The molecule has 0 atom stereocenters. The van der Waals surface area contributed by atoms with E-state index < -0.39 is 0 Å². The van der Waals surface area contributed by atoms with Crippen LogP contribution in [0.2, 0.25) is 0 Å². The monoisotopic (exact) mass is 326 g/mol. The molecule has 0 radical (unpaired) electrons. The minimum absolute atomic E-state index is 0.821. The first-order chi connectivity index (χ1) is 10.8. The van der Waals surface area contributed by atoms with Crippen molar-refractivity contribution >= 4 is 48.2 Å². The molecular formula is C16H14N4S2. The molecule has 22 heavy (non-hydrogen) atoms. The predicted octanol–water partition coefficient (Wildman–Crippen LogP) is 4.26. The fourth-order valence-electron chi connectivity index (χ4n) is 2.43. The fraction of sp³-hybridized carbons (Fsp3) is 0.125. The van der Waals surface area contributed by atoms with Crippen LogP contribution in [0.1, 0.15) is 6.92 Å². The molecule has 0 spiro atoms. The van der Waals surface area contributed by atoms with Crippen LogP contribution in [0.3, 0.4) is 0 Å². The van der Waals surface area contributed by atoms with Gasteiger partial charge in [-0.05, 0) is 31.2 Å². The number of hydrogen-bond donors (Lipinski definition) is 1. The van der Waals surface area contributed by atoms with E-state index in [2.05, 4.69) is 57.3 Å². The summed E-state index contributed by atoms with van der Waals surface area (Å²) in [6.45, 7) is 3.03. The average molecular weight is 326 g/mol. The molecule has 2 heterocycles. The van der Waals surface area contributed by atoms with E-state index in [9.17, 15) is 0 Å². The van der Waals surface area contributed by atoms with Gasteiger partial charge in [-0.15, -0.1) is 5.10 Å². The zero-order chi connectivity index (χ0) is 14.9. The summed E-state index contributed by atoms with van der Waals surface area (Å²) in [5.74, 6) is 0. The topological polar surface area (TPSA) is 42.2 Å². The number of anilines is 1. The van der Waals surface area contributed by atoms with Gasteiger partial charge < -0.3 is 4.57 Å². The third-order valence-electron chi connectivity index (χ3n) is 3.45. The average Bonchev–Trinajstić information content (AvgIpc) is 3.12. The summed E-state index contributed by atoms with van der Waals surface area (Å²) >= 11 is 3.30. The maximum Gasteiger partial charge on any atom is 0.209 e.